The highest BCUT2D eigenvalue weighted by Gasteiger charge is 2.12. The van der Waals surface area contributed by atoms with E-state index in [2.05, 4.69) is 5.32 Å². The second-order valence-corrected chi connectivity index (χ2v) is 4.34. The van der Waals surface area contributed by atoms with Crippen molar-refractivity contribution in [1.29, 1.82) is 0 Å². The predicted octanol–water partition coefficient (Wildman–Crippen LogP) is -0.313. The summed E-state index contributed by atoms with van der Waals surface area (Å²) < 4.78 is 21.3. The van der Waals surface area contributed by atoms with Gasteiger partial charge >= 0.3 is 11.9 Å². The van der Waals surface area contributed by atoms with Gasteiger partial charge in [-0.2, -0.15) is 0 Å². The SMILES string of the molecule is O=C(O)C(=O)NCc1sccc1S(=O)[O-]. The summed E-state index contributed by atoms with van der Waals surface area (Å²) >= 11 is -1.24. The van der Waals surface area contributed by atoms with Gasteiger partial charge in [0, 0.05) is 9.77 Å². The van der Waals surface area contributed by atoms with Crippen molar-refractivity contribution >= 4 is 34.3 Å². The minimum absolute atomic E-state index is 0.0747. The first-order valence-corrected chi connectivity index (χ1v) is 5.64. The highest BCUT2D eigenvalue weighted by Crippen LogP contribution is 2.19. The Kier molecular flexibility index (Phi) is 3.95. The van der Waals surface area contributed by atoms with E-state index in [-0.39, 0.29) is 11.4 Å². The fraction of sp³-hybridized carbons (Fsp3) is 0.143. The minimum Gasteiger partial charge on any atom is -0.768 e. The van der Waals surface area contributed by atoms with Crippen LogP contribution in [0.4, 0.5) is 0 Å². The Balaban J connectivity index is 2.65. The summed E-state index contributed by atoms with van der Waals surface area (Å²) in [6, 6.07) is 1.38. The number of rotatable bonds is 3. The van der Waals surface area contributed by atoms with E-state index in [4.69, 9.17) is 5.11 Å². The average molecular weight is 248 g/mol. The molecule has 0 aliphatic carbocycles. The molecule has 82 valence electrons. The van der Waals surface area contributed by atoms with Gasteiger partial charge in [0.15, 0.2) is 0 Å². The first-order valence-electron chi connectivity index (χ1n) is 3.69. The third-order valence-electron chi connectivity index (χ3n) is 1.49. The van der Waals surface area contributed by atoms with Crippen molar-refractivity contribution in [2.24, 2.45) is 0 Å². The van der Waals surface area contributed by atoms with Crippen LogP contribution in [0.5, 0.6) is 0 Å². The fourth-order valence-corrected chi connectivity index (χ4v) is 2.42. The molecular formula is C7H6NO5S2-. The van der Waals surface area contributed by atoms with Crippen LogP contribution in [-0.4, -0.2) is 25.7 Å². The first kappa shape index (κ1) is 11.8. The van der Waals surface area contributed by atoms with E-state index in [1.54, 1.807) is 5.38 Å². The summed E-state index contributed by atoms with van der Waals surface area (Å²) in [5, 5.41) is 11.9. The molecule has 0 aromatic carbocycles. The number of thiophene rings is 1. The van der Waals surface area contributed by atoms with Gasteiger partial charge in [-0.3, -0.25) is 9.00 Å². The Hall–Kier alpha value is -1.25. The maximum Gasteiger partial charge on any atom is 0.394 e. The van der Waals surface area contributed by atoms with Gasteiger partial charge in [0.25, 0.3) is 0 Å². The van der Waals surface area contributed by atoms with Gasteiger partial charge in [-0.1, -0.05) is 0 Å². The van der Waals surface area contributed by atoms with Crippen LogP contribution in [0.15, 0.2) is 16.3 Å². The van der Waals surface area contributed by atoms with Crippen molar-refractivity contribution in [3.8, 4) is 0 Å². The van der Waals surface area contributed by atoms with Crippen molar-refractivity contribution in [2.45, 2.75) is 11.4 Å². The number of carboxylic acids is 1. The summed E-state index contributed by atoms with van der Waals surface area (Å²) in [5.41, 5.74) is 0. The number of nitrogens with one attached hydrogen (secondary N) is 1. The summed E-state index contributed by atoms with van der Waals surface area (Å²) in [5.74, 6) is -2.76. The van der Waals surface area contributed by atoms with Crippen LogP contribution in [-0.2, 0) is 27.2 Å². The Bertz CT molecular complexity index is 413. The maximum atomic E-state index is 10.7. The lowest BCUT2D eigenvalue weighted by atomic mass is 10.4. The lowest BCUT2D eigenvalue weighted by Crippen LogP contribution is -2.30. The average Bonchev–Trinajstić information content (AvgIpc) is 2.61. The largest absolute Gasteiger partial charge is 0.768 e. The van der Waals surface area contributed by atoms with Gasteiger partial charge in [0.05, 0.1) is 6.54 Å². The van der Waals surface area contributed by atoms with E-state index in [9.17, 15) is 18.4 Å². The fourth-order valence-electron chi connectivity index (χ4n) is 0.842. The number of hydrogen-bond donors (Lipinski definition) is 2. The second-order valence-electron chi connectivity index (χ2n) is 2.43. The molecule has 8 heteroatoms. The van der Waals surface area contributed by atoms with Crippen molar-refractivity contribution < 1.29 is 23.5 Å². The lowest BCUT2D eigenvalue weighted by molar-refractivity contribution is -0.150. The van der Waals surface area contributed by atoms with Crippen molar-refractivity contribution in [1.82, 2.24) is 5.32 Å². The number of hydrogen-bond acceptors (Lipinski definition) is 5. The van der Waals surface area contributed by atoms with E-state index in [0.717, 1.165) is 11.3 Å². The molecule has 0 aliphatic heterocycles. The van der Waals surface area contributed by atoms with E-state index in [1.165, 1.54) is 6.07 Å². The minimum atomic E-state index is -2.37. The Morgan fingerprint density at radius 1 is 1.60 bits per heavy atom. The highest BCUT2D eigenvalue weighted by molar-refractivity contribution is 7.79. The molecule has 0 saturated carbocycles. The van der Waals surface area contributed by atoms with Gasteiger partial charge in [-0.05, 0) is 22.5 Å². The molecule has 0 saturated heterocycles. The Labute approximate surface area is 91.2 Å². The van der Waals surface area contributed by atoms with Crippen LogP contribution in [0, 0.1) is 0 Å². The number of carboxylic acid groups (broad SMARTS) is 1. The van der Waals surface area contributed by atoms with E-state index in [0.29, 0.717) is 4.88 Å². The van der Waals surface area contributed by atoms with Crippen LogP contribution < -0.4 is 5.32 Å². The molecule has 6 nitrogen and oxygen atoms in total. The lowest BCUT2D eigenvalue weighted by Gasteiger charge is -2.06. The van der Waals surface area contributed by atoms with Gasteiger partial charge in [-0.15, -0.1) is 11.3 Å². The zero-order valence-electron chi connectivity index (χ0n) is 7.26. The first-order chi connectivity index (χ1) is 7.02. The van der Waals surface area contributed by atoms with Gasteiger partial charge < -0.3 is 15.0 Å². The third-order valence-corrected chi connectivity index (χ3v) is 3.28. The van der Waals surface area contributed by atoms with Crippen LogP contribution in [0.2, 0.25) is 0 Å². The number of carbonyl (C=O) groups excluding carboxylic acids is 1. The summed E-state index contributed by atoms with van der Waals surface area (Å²) in [4.78, 5) is 21.3. The molecule has 0 fully saturated rings. The summed E-state index contributed by atoms with van der Waals surface area (Å²) in [7, 11) is 0. The van der Waals surface area contributed by atoms with Crippen molar-refractivity contribution in [3.05, 3.63) is 16.3 Å². The molecule has 0 bridgehead atoms. The molecule has 1 amide bonds. The number of carbonyl (C=O) groups is 2. The third kappa shape index (κ3) is 3.11. The molecule has 15 heavy (non-hydrogen) atoms. The smallest absolute Gasteiger partial charge is 0.394 e. The molecular weight excluding hydrogens is 242 g/mol. The van der Waals surface area contributed by atoms with Gasteiger partial charge in [-0.25, -0.2) is 4.79 Å². The van der Waals surface area contributed by atoms with Crippen LogP contribution >= 0.6 is 11.3 Å². The quantitative estimate of drug-likeness (QED) is 0.563. The zero-order chi connectivity index (χ0) is 11.4. The molecule has 1 unspecified atom stereocenters. The molecule has 1 heterocycles. The topological polar surface area (TPSA) is 107 Å². The number of aliphatic carboxylic acids is 1. The van der Waals surface area contributed by atoms with E-state index >= 15 is 0 Å². The zero-order valence-corrected chi connectivity index (χ0v) is 8.89. The second kappa shape index (κ2) is 5.01. The summed E-state index contributed by atoms with van der Waals surface area (Å²) in [6.45, 7) is -0.105. The Morgan fingerprint density at radius 3 is 2.80 bits per heavy atom. The molecule has 1 aromatic rings. The van der Waals surface area contributed by atoms with Gasteiger partial charge in [0.2, 0.25) is 0 Å². The normalized spacial score (nSPS) is 12.1. The Morgan fingerprint density at radius 2 is 2.27 bits per heavy atom. The van der Waals surface area contributed by atoms with E-state index < -0.39 is 23.0 Å². The molecule has 1 rings (SSSR count). The van der Waals surface area contributed by atoms with Gasteiger partial charge in [0.1, 0.15) is 0 Å². The highest BCUT2D eigenvalue weighted by atomic mass is 32.2. The maximum absolute atomic E-state index is 10.7. The van der Waals surface area contributed by atoms with Crippen molar-refractivity contribution in [3.63, 3.8) is 0 Å². The molecule has 2 N–H and O–H groups in total. The predicted molar refractivity (Wildman–Crippen MR) is 51.0 cm³/mol. The number of amides is 1. The molecule has 1 atom stereocenters. The van der Waals surface area contributed by atoms with Crippen LogP contribution in [0.25, 0.3) is 0 Å². The monoisotopic (exact) mass is 248 g/mol. The molecule has 0 radical (unpaired) electrons. The standard InChI is InChI=1S/C7H7NO5S2/c9-6(7(10)11)8-3-4-5(15(12)13)1-2-14-4/h1-2H,3H2,(H,8,9)(H,10,11)(H,12,13)/p-1. The van der Waals surface area contributed by atoms with Crippen molar-refractivity contribution in [2.75, 3.05) is 0 Å². The van der Waals surface area contributed by atoms with Crippen LogP contribution in [0.1, 0.15) is 4.88 Å². The van der Waals surface area contributed by atoms with Crippen LogP contribution in [0.3, 0.4) is 0 Å². The molecule has 0 spiro atoms. The van der Waals surface area contributed by atoms with E-state index in [1.807, 2.05) is 0 Å². The molecule has 1 aromatic heterocycles. The molecule has 0 aliphatic rings. The summed E-state index contributed by atoms with van der Waals surface area (Å²) in [6.07, 6.45) is 0.